The van der Waals surface area contributed by atoms with Gasteiger partial charge in [0.2, 0.25) is 0 Å². The third-order valence-electron chi connectivity index (χ3n) is 3.40. The van der Waals surface area contributed by atoms with Gasteiger partial charge in [-0.25, -0.2) is 9.97 Å². The van der Waals surface area contributed by atoms with E-state index in [-0.39, 0.29) is 5.54 Å². The molecule has 0 unspecified atom stereocenters. The van der Waals surface area contributed by atoms with E-state index in [4.69, 9.17) is 5.73 Å². The van der Waals surface area contributed by atoms with Crippen molar-refractivity contribution in [2.45, 2.75) is 32.2 Å². The van der Waals surface area contributed by atoms with Crippen LogP contribution >= 0.6 is 0 Å². The predicted octanol–water partition coefficient (Wildman–Crippen LogP) is 2.71. The van der Waals surface area contributed by atoms with Crippen molar-refractivity contribution < 1.29 is 0 Å². The number of benzene rings is 1. The van der Waals surface area contributed by atoms with Crippen molar-refractivity contribution in [1.29, 1.82) is 0 Å². The van der Waals surface area contributed by atoms with Gasteiger partial charge in [-0.15, -0.1) is 0 Å². The second-order valence-corrected chi connectivity index (χ2v) is 5.24. The number of aromatic nitrogens is 2. The Bertz CT molecular complexity index is 600. The maximum Gasteiger partial charge on any atom is 0.149 e. The van der Waals surface area contributed by atoms with E-state index in [1.807, 2.05) is 13.0 Å². The van der Waals surface area contributed by atoms with Gasteiger partial charge in [-0.2, -0.15) is 0 Å². The third-order valence-corrected chi connectivity index (χ3v) is 3.40. The fourth-order valence-electron chi connectivity index (χ4n) is 2.10. The van der Waals surface area contributed by atoms with Crippen molar-refractivity contribution in [3.8, 4) is 11.3 Å². The van der Waals surface area contributed by atoms with E-state index in [1.165, 1.54) is 5.56 Å². The highest BCUT2D eigenvalue weighted by Gasteiger charge is 2.43. The minimum atomic E-state index is -0.273. The summed E-state index contributed by atoms with van der Waals surface area (Å²) in [6, 6.07) is 10.4. The van der Waals surface area contributed by atoms with Gasteiger partial charge < -0.3 is 5.73 Å². The Hall–Kier alpha value is -1.74. The van der Waals surface area contributed by atoms with Gasteiger partial charge in [0.15, 0.2) is 0 Å². The number of hydrogen-bond acceptors (Lipinski definition) is 3. The van der Waals surface area contributed by atoms with Gasteiger partial charge in [0.25, 0.3) is 0 Å². The van der Waals surface area contributed by atoms with Crippen LogP contribution in [0.5, 0.6) is 0 Å². The number of nitrogens with zero attached hydrogens (tertiary/aromatic N) is 2. The molecule has 0 saturated heterocycles. The minimum Gasteiger partial charge on any atom is -0.319 e. The quantitative estimate of drug-likeness (QED) is 0.876. The van der Waals surface area contributed by atoms with Gasteiger partial charge >= 0.3 is 0 Å². The molecule has 1 saturated carbocycles. The lowest BCUT2D eigenvalue weighted by molar-refractivity contribution is 0.669. The van der Waals surface area contributed by atoms with Gasteiger partial charge in [-0.05, 0) is 38.8 Å². The summed E-state index contributed by atoms with van der Waals surface area (Å²) >= 11 is 0. The summed E-state index contributed by atoms with van der Waals surface area (Å²) in [5, 5.41) is 0. The highest BCUT2D eigenvalue weighted by atomic mass is 15.0. The fourth-order valence-corrected chi connectivity index (χ4v) is 2.10. The van der Waals surface area contributed by atoms with Crippen LogP contribution in [0.3, 0.4) is 0 Å². The molecule has 0 radical (unpaired) electrons. The standard InChI is InChI=1S/C15H17N3/c1-10-4-3-5-12(8-10)13-9-11(2)17-14(18-13)15(16)6-7-15/h3-5,8-9H,6-7,16H2,1-2H3. The van der Waals surface area contributed by atoms with Crippen LogP contribution in [-0.4, -0.2) is 9.97 Å². The Morgan fingerprint density at radius 2 is 1.89 bits per heavy atom. The molecule has 3 nitrogen and oxygen atoms in total. The Morgan fingerprint density at radius 3 is 2.56 bits per heavy atom. The molecule has 18 heavy (non-hydrogen) atoms. The van der Waals surface area contributed by atoms with Crippen LogP contribution in [0.25, 0.3) is 11.3 Å². The van der Waals surface area contributed by atoms with Gasteiger partial charge in [-0.1, -0.05) is 23.8 Å². The normalized spacial score (nSPS) is 16.6. The van der Waals surface area contributed by atoms with Crippen LogP contribution in [-0.2, 0) is 5.54 Å². The highest BCUT2D eigenvalue weighted by molar-refractivity contribution is 5.60. The van der Waals surface area contributed by atoms with Crippen LogP contribution < -0.4 is 5.73 Å². The molecular weight excluding hydrogens is 222 g/mol. The average Bonchev–Trinajstić information content (AvgIpc) is 3.08. The van der Waals surface area contributed by atoms with Gasteiger partial charge in [0.05, 0.1) is 11.2 Å². The molecule has 1 aliphatic carbocycles. The SMILES string of the molecule is Cc1cccc(-c2cc(C)nc(C3(N)CC3)n2)c1. The lowest BCUT2D eigenvalue weighted by Crippen LogP contribution is -2.22. The number of nitrogens with two attached hydrogens (primary N) is 1. The lowest BCUT2D eigenvalue weighted by Gasteiger charge is -2.11. The van der Waals surface area contributed by atoms with Crippen molar-refractivity contribution in [3.05, 3.63) is 47.4 Å². The monoisotopic (exact) mass is 239 g/mol. The Labute approximate surface area is 107 Å². The summed E-state index contributed by atoms with van der Waals surface area (Å²) in [6.07, 6.45) is 1.98. The van der Waals surface area contributed by atoms with E-state index >= 15 is 0 Å². The van der Waals surface area contributed by atoms with Crippen LogP contribution in [0, 0.1) is 13.8 Å². The molecule has 1 heterocycles. The molecule has 2 aromatic rings. The molecule has 1 fully saturated rings. The maximum atomic E-state index is 6.19. The summed E-state index contributed by atoms with van der Waals surface area (Å²) in [6.45, 7) is 4.08. The zero-order valence-electron chi connectivity index (χ0n) is 10.8. The second-order valence-electron chi connectivity index (χ2n) is 5.24. The molecule has 2 N–H and O–H groups in total. The summed E-state index contributed by atoms with van der Waals surface area (Å²) < 4.78 is 0. The Balaban J connectivity index is 2.09. The number of hydrogen-bond donors (Lipinski definition) is 1. The molecular formula is C15H17N3. The Kier molecular flexibility index (Phi) is 2.45. The summed E-state index contributed by atoms with van der Waals surface area (Å²) in [5.74, 6) is 0.791. The maximum absolute atomic E-state index is 6.19. The topological polar surface area (TPSA) is 51.8 Å². The fraction of sp³-hybridized carbons (Fsp3) is 0.333. The first-order valence-electron chi connectivity index (χ1n) is 6.29. The average molecular weight is 239 g/mol. The van der Waals surface area contributed by atoms with Gasteiger partial charge in [0.1, 0.15) is 5.82 Å². The number of aryl methyl sites for hydroxylation is 2. The first-order chi connectivity index (χ1) is 8.57. The molecule has 3 rings (SSSR count). The summed E-state index contributed by atoms with van der Waals surface area (Å²) in [4.78, 5) is 9.12. The third kappa shape index (κ3) is 2.02. The van der Waals surface area contributed by atoms with Crippen molar-refractivity contribution in [2.75, 3.05) is 0 Å². The molecule has 0 bridgehead atoms. The van der Waals surface area contributed by atoms with Crippen molar-refractivity contribution in [2.24, 2.45) is 5.73 Å². The van der Waals surface area contributed by atoms with E-state index < -0.39 is 0 Å². The zero-order valence-corrected chi connectivity index (χ0v) is 10.8. The van der Waals surface area contributed by atoms with E-state index in [1.54, 1.807) is 0 Å². The molecule has 0 amide bonds. The van der Waals surface area contributed by atoms with Crippen LogP contribution in [0.15, 0.2) is 30.3 Å². The highest BCUT2D eigenvalue weighted by Crippen LogP contribution is 2.41. The molecule has 1 aromatic carbocycles. The largest absolute Gasteiger partial charge is 0.319 e. The van der Waals surface area contributed by atoms with E-state index in [9.17, 15) is 0 Å². The molecule has 0 spiro atoms. The Morgan fingerprint density at radius 1 is 1.11 bits per heavy atom. The molecule has 1 aliphatic rings. The minimum absolute atomic E-state index is 0.273. The van der Waals surface area contributed by atoms with Crippen LogP contribution in [0.1, 0.15) is 29.9 Å². The number of rotatable bonds is 2. The summed E-state index contributed by atoms with van der Waals surface area (Å²) in [5.41, 5.74) is 10.2. The first-order valence-corrected chi connectivity index (χ1v) is 6.29. The van der Waals surface area contributed by atoms with Crippen LogP contribution in [0.2, 0.25) is 0 Å². The van der Waals surface area contributed by atoms with Crippen LogP contribution in [0.4, 0.5) is 0 Å². The van der Waals surface area contributed by atoms with E-state index in [0.717, 1.165) is 35.6 Å². The van der Waals surface area contributed by atoms with E-state index in [0.29, 0.717) is 0 Å². The van der Waals surface area contributed by atoms with E-state index in [2.05, 4.69) is 41.2 Å². The molecule has 1 aromatic heterocycles. The van der Waals surface area contributed by atoms with Crippen molar-refractivity contribution in [3.63, 3.8) is 0 Å². The zero-order chi connectivity index (χ0) is 12.8. The second kappa shape index (κ2) is 3.89. The summed E-state index contributed by atoms with van der Waals surface area (Å²) in [7, 11) is 0. The first kappa shape index (κ1) is 11.4. The predicted molar refractivity (Wildman–Crippen MR) is 72.0 cm³/mol. The molecule has 92 valence electrons. The molecule has 3 heteroatoms. The molecule has 0 aliphatic heterocycles. The molecule has 0 atom stereocenters. The smallest absolute Gasteiger partial charge is 0.149 e. The van der Waals surface area contributed by atoms with Crippen molar-refractivity contribution in [1.82, 2.24) is 9.97 Å². The van der Waals surface area contributed by atoms with Crippen molar-refractivity contribution >= 4 is 0 Å². The van der Waals surface area contributed by atoms with Gasteiger partial charge in [-0.3, -0.25) is 0 Å². The van der Waals surface area contributed by atoms with Gasteiger partial charge in [0, 0.05) is 11.3 Å². The lowest BCUT2D eigenvalue weighted by atomic mass is 10.1.